The lowest BCUT2D eigenvalue weighted by atomic mass is 10.2. The molecule has 1 amide bonds. The summed E-state index contributed by atoms with van der Waals surface area (Å²) in [6.07, 6.45) is 1.26. The number of carboxylic acid groups (broad SMARTS) is 1. The van der Waals surface area contributed by atoms with E-state index in [9.17, 15) is 18.0 Å². The number of carbonyl (C=O) groups is 2. The summed E-state index contributed by atoms with van der Waals surface area (Å²) in [5.41, 5.74) is -0.537. The second-order valence-electron chi connectivity index (χ2n) is 3.33. The number of nitrogens with one attached hydrogen (secondary N) is 1. The number of nitrogens with two attached hydrogens (primary N) is 1. The van der Waals surface area contributed by atoms with Crippen molar-refractivity contribution in [1.29, 1.82) is 0 Å². The molecule has 1 aromatic rings. The van der Waals surface area contributed by atoms with Gasteiger partial charge in [0.25, 0.3) is 5.91 Å². The third-order valence-corrected chi connectivity index (χ3v) is 2.70. The van der Waals surface area contributed by atoms with Crippen LogP contribution in [0.4, 0.5) is 0 Å². The van der Waals surface area contributed by atoms with Crippen LogP contribution in [0.25, 0.3) is 0 Å². The quantitative estimate of drug-likeness (QED) is 0.615. The summed E-state index contributed by atoms with van der Waals surface area (Å²) in [7, 11) is -3.68. The highest BCUT2D eigenvalue weighted by Crippen LogP contribution is 2.04. The maximum Gasteiger partial charge on any atom is 0.338 e. The normalized spacial score (nSPS) is 10.9. The SMILES string of the molecule is NS(=O)(=O)CCNC(=O)c1ncccc1C(=O)O. The number of nitrogens with zero attached hydrogens (tertiary/aromatic N) is 1. The number of amides is 1. The second-order valence-corrected chi connectivity index (χ2v) is 5.06. The zero-order chi connectivity index (χ0) is 13.8. The lowest BCUT2D eigenvalue weighted by molar-refractivity contribution is 0.0690. The van der Waals surface area contributed by atoms with E-state index in [-0.39, 0.29) is 17.8 Å². The largest absolute Gasteiger partial charge is 0.478 e. The van der Waals surface area contributed by atoms with E-state index in [0.717, 1.165) is 0 Å². The Kier molecular flexibility index (Phi) is 4.34. The first kappa shape index (κ1) is 14.1. The van der Waals surface area contributed by atoms with E-state index in [1.165, 1.54) is 18.3 Å². The van der Waals surface area contributed by atoms with E-state index < -0.39 is 27.7 Å². The molecular weight excluding hydrogens is 262 g/mol. The molecule has 0 unspecified atom stereocenters. The van der Waals surface area contributed by atoms with Crippen LogP contribution in [0.1, 0.15) is 20.8 Å². The van der Waals surface area contributed by atoms with Crippen LogP contribution in [0.5, 0.6) is 0 Å². The van der Waals surface area contributed by atoms with Crippen molar-refractivity contribution in [3.63, 3.8) is 0 Å². The Morgan fingerprint density at radius 2 is 2.11 bits per heavy atom. The zero-order valence-electron chi connectivity index (χ0n) is 9.16. The van der Waals surface area contributed by atoms with Gasteiger partial charge in [0.15, 0.2) is 0 Å². The van der Waals surface area contributed by atoms with Crippen LogP contribution in [0.3, 0.4) is 0 Å². The molecular formula is C9H11N3O5S. The van der Waals surface area contributed by atoms with Gasteiger partial charge < -0.3 is 10.4 Å². The van der Waals surface area contributed by atoms with Crippen LogP contribution in [-0.2, 0) is 10.0 Å². The Labute approximate surface area is 103 Å². The molecule has 0 bridgehead atoms. The van der Waals surface area contributed by atoms with Crippen molar-refractivity contribution in [2.75, 3.05) is 12.3 Å². The fourth-order valence-electron chi connectivity index (χ4n) is 1.15. The Bertz CT molecular complexity index is 569. The van der Waals surface area contributed by atoms with Gasteiger partial charge in [-0.25, -0.2) is 18.4 Å². The molecule has 0 radical (unpaired) electrons. The number of aromatic carboxylic acids is 1. The first-order chi connectivity index (χ1) is 8.31. The first-order valence-corrected chi connectivity index (χ1v) is 6.50. The van der Waals surface area contributed by atoms with Crippen LogP contribution < -0.4 is 10.5 Å². The Hall–Kier alpha value is -2.00. The van der Waals surface area contributed by atoms with Gasteiger partial charge in [-0.1, -0.05) is 0 Å². The molecule has 0 aliphatic heterocycles. The number of hydrogen-bond acceptors (Lipinski definition) is 5. The number of primary sulfonamides is 1. The van der Waals surface area contributed by atoms with Crippen molar-refractivity contribution < 1.29 is 23.1 Å². The average molecular weight is 273 g/mol. The van der Waals surface area contributed by atoms with Gasteiger partial charge in [0.05, 0.1) is 11.3 Å². The number of hydrogen-bond donors (Lipinski definition) is 3. The Morgan fingerprint density at radius 3 is 2.67 bits per heavy atom. The molecule has 18 heavy (non-hydrogen) atoms. The van der Waals surface area contributed by atoms with Crippen molar-refractivity contribution >= 4 is 21.9 Å². The van der Waals surface area contributed by atoms with Gasteiger partial charge in [-0.3, -0.25) is 9.78 Å². The molecule has 0 fully saturated rings. The van der Waals surface area contributed by atoms with E-state index in [1.54, 1.807) is 0 Å². The van der Waals surface area contributed by atoms with Gasteiger partial charge in [0.1, 0.15) is 5.69 Å². The monoisotopic (exact) mass is 273 g/mol. The first-order valence-electron chi connectivity index (χ1n) is 4.78. The number of aromatic nitrogens is 1. The van der Waals surface area contributed by atoms with Crippen molar-refractivity contribution in [3.05, 3.63) is 29.6 Å². The molecule has 0 aliphatic carbocycles. The molecule has 0 saturated heterocycles. The lowest BCUT2D eigenvalue weighted by Gasteiger charge is -2.05. The van der Waals surface area contributed by atoms with E-state index >= 15 is 0 Å². The minimum absolute atomic E-state index is 0.215. The molecule has 0 saturated carbocycles. The van der Waals surface area contributed by atoms with Gasteiger partial charge in [-0.15, -0.1) is 0 Å². The molecule has 1 rings (SSSR count). The number of carbonyl (C=O) groups excluding carboxylic acids is 1. The van der Waals surface area contributed by atoms with E-state index in [4.69, 9.17) is 10.2 Å². The van der Waals surface area contributed by atoms with Crippen molar-refractivity contribution in [1.82, 2.24) is 10.3 Å². The third kappa shape index (κ3) is 4.11. The van der Waals surface area contributed by atoms with E-state index in [0.29, 0.717) is 0 Å². The molecule has 1 heterocycles. The highest BCUT2D eigenvalue weighted by molar-refractivity contribution is 7.89. The summed E-state index contributed by atoms with van der Waals surface area (Å²) in [5.74, 6) is -2.50. The van der Waals surface area contributed by atoms with Gasteiger partial charge in [0.2, 0.25) is 10.0 Å². The number of rotatable bonds is 5. The van der Waals surface area contributed by atoms with Crippen LogP contribution in [0.2, 0.25) is 0 Å². The maximum atomic E-state index is 11.6. The maximum absolute atomic E-state index is 11.6. The lowest BCUT2D eigenvalue weighted by Crippen LogP contribution is -2.32. The zero-order valence-corrected chi connectivity index (χ0v) is 9.98. The molecule has 0 aliphatic rings. The topological polar surface area (TPSA) is 139 Å². The van der Waals surface area contributed by atoms with Gasteiger partial charge in [0, 0.05) is 12.7 Å². The predicted molar refractivity (Wildman–Crippen MR) is 61.5 cm³/mol. The molecule has 0 spiro atoms. The van der Waals surface area contributed by atoms with Crippen LogP contribution >= 0.6 is 0 Å². The predicted octanol–water partition coefficient (Wildman–Crippen LogP) is -1.20. The Balaban J connectivity index is 2.76. The summed E-state index contributed by atoms with van der Waals surface area (Å²) in [4.78, 5) is 26.0. The second kappa shape index (κ2) is 5.56. The third-order valence-electron chi connectivity index (χ3n) is 1.93. The molecule has 9 heteroatoms. The fourth-order valence-corrected chi connectivity index (χ4v) is 1.54. The van der Waals surface area contributed by atoms with E-state index in [1.807, 2.05) is 0 Å². The Morgan fingerprint density at radius 1 is 1.44 bits per heavy atom. The summed E-state index contributed by atoms with van der Waals surface area (Å²) < 4.78 is 21.3. The summed E-state index contributed by atoms with van der Waals surface area (Å²) in [6, 6.07) is 2.61. The molecule has 0 aromatic carbocycles. The van der Waals surface area contributed by atoms with Gasteiger partial charge in [-0.05, 0) is 12.1 Å². The van der Waals surface area contributed by atoms with Crippen LogP contribution in [0, 0.1) is 0 Å². The van der Waals surface area contributed by atoms with Gasteiger partial charge >= 0.3 is 5.97 Å². The standard InChI is InChI=1S/C9H11N3O5S/c10-18(16,17)5-4-12-8(13)7-6(9(14)15)2-1-3-11-7/h1-3H,4-5H2,(H,12,13)(H,14,15)(H2,10,16,17). The highest BCUT2D eigenvalue weighted by Gasteiger charge is 2.17. The highest BCUT2D eigenvalue weighted by atomic mass is 32.2. The van der Waals surface area contributed by atoms with Crippen LogP contribution in [0.15, 0.2) is 18.3 Å². The van der Waals surface area contributed by atoms with E-state index in [2.05, 4.69) is 10.3 Å². The van der Waals surface area contributed by atoms with Crippen molar-refractivity contribution in [2.24, 2.45) is 5.14 Å². The number of sulfonamides is 1. The minimum atomic E-state index is -3.68. The molecule has 0 atom stereocenters. The summed E-state index contributed by atoms with van der Waals surface area (Å²) in [6.45, 7) is -0.215. The molecule has 98 valence electrons. The minimum Gasteiger partial charge on any atom is -0.478 e. The molecule has 1 aromatic heterocycles. The molecule has 8 nitrogen and oxygen atoms in total. The molecule has 4 N–H and O–H groups in total. The number of pyridine rings is 1. The van der Waals surface area contributed by atoms with Crippen LogP contribution in [-0.4, -0.2) is 42.7 Å². The van der Waals surface area contributed by atoms with Crippen molar-refractivity contribution in [2.45, 2.75) is 0 Å². The summed E-state index contributed by atoms with van der Waals surface area (Å²) in [5, 5.41) is 15.8. The number of carboxylic acids is 1. The average Bonchev–Trinajstić information content (AvgIpc) is 2.27. The van der Waals surface area contributed by atoms with Gasteiger partial charge in [-0.2, -0.15) is 0 Å². The summed E-state index contributed by atoms with van der Waals surface area (Å²) >= 11 is 0. The van der Waals surface area contributed by atoms with Crippen molar-refractivity contribution in [3.8, 4) is 0 Å². The fraction of sp³-hybridized carbons (Fsp3) is 0.222. The smallest absolute Gasteiger partial charge is 0.338 e.